The number of hydrogen-bond acceptors (Lipinski definition) is 4. The number of nitrogens with one attached hydrogen (secondary N) is 3. The molecule has 2 aromatic carbocycles. The summed E-state index contributed by atoms with van der Waals surface area (Å²) in [7, 11) is 0. The van der Waals surface area contributed by atoms with E-state index in [0.717, 1.165) is 43.9 Å². The molecule has 1 aliphatic heterocycles. The van der Waals surface area contributed by atoms with Crippen LogP contribution in [-0.4, -0.2) is 48.2 Å². The van der Waals surface area contributed by atoms with Gasteiger partial charge in [0, 0.05) is 23.7 Å². The molecule has 2 atom stereocenters. The average Bonchev–Trinajstić information content (AvgIpc) is 3.23. The largest absolute Gasteiger partial charge is 0.416 e. The quantitative estimate of drug-likeness (QED) is 0.462. The van der Waals surface area contributed by atoms with Gasteiger partial charge in [-0.15, -0.1) is 0 Å². The van der Waals surface area contributed by atoms with Crippen molar-refractivity contribution >= 4 is 23.4 Å². The van der Waals surface area contributed by atoms with Gasteiger partial charge in [-0.1, -0.05) is 29.8 Å². The number of β-amino-alcohol motifs (C(OH)–C–C–N with tert-alkyl or cyclic N) is 1. The van der Waals surface area contributed by atoms with Gasteiger partial charge in [0.2, 0.25) is 5.91 Å². The fourth-order valence-corrected chi connectivity index (χ4v) is 5.57. The van der Waals surface area contributed by atoms with Crippen molar-refractivity contribution in [2.24, 2.45) is 5.92 Å². The Hall–Kier alpha value is -2.62. The molecule has 0 bridgehead atoms. The summed E-state index contributed by atoms with van der Waals surface area (Å²) < 4.78 is 38.8. The molecule has 0 spiro atoms. The van der Waals surface area contributed by atoms with E-state index in [9.17, 15) is 27.9 Å². The van der Waals surface area contributed by atoms with Gasteiger partial charge in [0.15, 0.2) is 0 Å². The van der Waals surface area contributed by atoms with E-state index < -0.39 is 41.7 Å². The maximum Gasteiger partial charge on any atom is 0.416 e. The van der Waals surface area contributed by atoms with Gasteiger partial charge in [-0.25, -0.2) is 0 Å². The molecule has 2 aromatic rings. The second kappa shape index (κ2) is 10.8. The smallest absolute Gasteiger partial charge is 0.389 e. The maximum atomic E-state index is 12.9. The number of hydrogen-bond donors (Lipinski definition) is 4. The monoisotopic (exact) mass is 523 g/mol. The highest BCUT2D eigenvalue weighted by Gasteiger charge is 2.50. The molecule has 2 fully saturated rings. The van der Waals surface area contributed by atoms with Crippen LogP contribution in [0.2, 0.25) is 5.02 Å². The number of carbonyl (C=O) groups excluding carboxylic acids is 2. The van der Waals surface area contributed by atoms with E-state index in [1.165, 1.54) is 11.6 Å². The van der Waals surface area contributed by atoms with Crippen LogP contribution in [0.5, 0.6) is 0 Å². The van der Waals surface area contributed by atoms with Gasteiger partial charge >= 0.3 is 6.18 Å². The summed E-state index contributed by atoms with van der Waals surface area (Å²) in [6.07, 6.45) is -1.94. The number of alkyl halides is 3. The number of aliphatic hydroxyl groups is 1. The van der Waals surface area contributed by atoms with Crippen LogP contribution < -0.4 is 16.0 Å². The lowest BCUT2D eigenvalue weighted by molar-refractivity contribution is -0.137. The van der Waals surface area contributed by atoms with Crippen LogP contribution >= 0.6 is 11.6 Å². The third kappa shape index (κ3) is 5.85. The minimum Gasteiger partial charge on any atom is -0.389 e. The predicted octanol–water partition coefficient (Wildman–Crippen LogP) is 3.88. The summed E-state index contributed by atoms with van der Waals surface area (Å²) in [4.78, 5) is 25.2. The fraction of sp³-hybridized carbons (Fsp3) is 0.462. The second-order valence-electron chi connectivity index (χ2n) is 9.60. The number of benzene rings is 2. The van der Waals surface area contributed by atoms with Gasteiger partial charge in [0.05, 0.1) is 23.8 Å². The first-order valence-corrected chi connectivity index (χ1v) is 12.4. The van der Waals surface area contributed by atoms with E-state index in [1.54, 1.807) is 0 Å². The second-order valence-corrected chi connectivity index (χ2v) is 10.0. The van der Waals surface area contributed by atoms with Gasteiger partial charge in [0.25, 0.3) is 5.91 Å². The molecule has 10 heteroatoms. The van der Waals surface area contributed by atoms with Gasteiger partial charge in [0.1, 0.15) is 0 Å². The van der Waals surface area contributed by atoms with E-state index in [-0.39, 0.29) is 11.5 Å². The molecule has 1 saturated carbocycles. The van der Waals surface area contributed by atoms with Gasteiger partial charge in [-0.3, -0.25) is 9.59 Å². The first-order valence-electron chi connectivity index (χ1n) is 12.0. The normalized spacial score (nSPS) is 26.4. The van der Waals surface area contributed by atoms with Crippen LogP contribution in [-0.2, 0) is 11.0 Å². The molecule has 0 unspecified atom stereocenters. The molecule has 4 rings (SSSR count). The lowest BCUT2D eigenvalue weighted by Crippen LogP contribution is -2.63. The zero-order valence-electron chi connectivity index (χ0n) is 19.6. The van der Waals surface area contributed by atoms with E-state index >= 15 is 0 Å². The molecule has 1 heterocycles. The van der Waals surface area contributed by atoms with Crippen LogP contribution in [0.3, 0.4) is 0 Å². The van der Waals surface area contributed by atoms with E-state index in [4.69, 9.17) is 11.6 Å². The molecule has 6 nitrogen and oxygen atoms in total. The van der Waals surface area contributed by atoms with Crippen LogP contribution in [0.1, 0.15) is 53.1 Å². The van der Waals surface area contributed by atoms with E-state index in [0.29, 0.717) is 24.0 Å². The van der Waals surface area contributed by atoms with E-state index in [2.05, 4.69) is 16.0 Å². The van der Waals surface area contributed by atoms with Gasteiger partial charge in [-0.05, 0) is 73.4 Å². The molecule has 1 saturated heterocycles. The summed E-state index contributed by atoms with van der Waals surface area (Å²) in [6.45, 7) is 0.329. The Bertz CT molecular complexity index is 1090. The summed E-state index contributed by atoms with van der Waals surface area (Å²) in [5, 5.41) is 20.0. The lowest BCUT2D eigenvalue weighted by atomic mass is 9.69. The van der Waals surface area contributed by atoms with Crippen molar-refractivity contribution in [2.45, 2.75) is 49.4 Å². The standard InChI is InChI=1S/C26H29ClF3N3O3/c27-21-10-6-17(7-11-21)16-4-8-19(9-5-16)25(15-31-13-22(25)34)33-23(35)14-32-24(36)18-2-1-3-20(12-18)26(28,29)30/h1-3,6-7,10-12,16,19,22,31,34H,4-5,8-9,13-15H2,(H,32,36)(H,33,35)/t16?,19?,22-,25+/m0/s1. The Kier molecular flexibility index (Phi) is 7.92. The summed E-state index contributed by atoms with van der Waals surface area (Å²) in [5.41, 5.74) is -0.773. The molecule has 2 aliphatic rings. The Balaban J connectivity index is 1.37. The Morgan fingerprint density at radius 1 is 1.08 bits per heavy atom. The summed E-state index contributed by atoms with van der Waals surface area (Å²) in [6, 6.07) is 11.9. The Morgan fingerprint density at radius 2 is 1.78 bits per heavy atom. The van der Waals surface area contributed by atoms with Crippen LogP contribution in [0, 0.1) is 5.92 Å². The molecule has 194 valence electrons. The van der Waals surface area contributed by atoms with Crippen molar-refractivity contribution in [3.8, 4) is 0 Å². The van der Waals surface area contributed by atoms with E-state index in [1.807, 2.05) is 24.3 Å². The average molecular weight is 524 g/mol. The first-order chi connectivity index (χ1) is 17.1. The zero-order valence-corrected chi connectivity index (χ0v) is 20.3. The summed E-state index contributed by atoms with van der Waals surface area (Å²) in [5.74, 6) is -0.865. The summed E-state index contributed by atoms with van der Waals surface area (Å²) >= 11 is 6.00. The molecule has 2 amide bonds. The molecular weight excluding hydrogens is 495 g/mol. The molecule has 0 radical (unpaired) electrons. The van der Waals surface area contributed by atoms with Crippen molar-refractivity contribution in [3.05, 3.63) is 70.2 Å². The van der Waals surface area contributed by atoms with Crippen molar-refractivity contribution in [3.63, 3.8) is 0 Å². The van der Waals surface area contributed by atoms with Crippen LogP contribution in [0.25, 0.3) is 0 Å². The van der Waals surface area contributed by atoms with Gasteiger partial charge < -0.3 is 21.1 Å². The van der Waals surface area contributed by atoms with Crippen molar-refractivity contribution in [1.82, 2.24) is 16.0 Å². The maximum absolute atomic E-state index is 12.9. The minimum absolute atomic E-state index is 0.0363. The Morgan fingerprint density at radius 3 is 2.39 bits per heavy atom. The highest BCUT2D eigenvalue weighted by atomic mass is 35.5. The topological polar surface area (TPSA) is 90.5 Å². The predicted molar refractivity (Wildman–Crippen MR) is 130 cm³/mol. The number of amides is 2. The fourth-order valence-electron chi connectivity index (χ4n) is 5.44. The van der Waals surface area contributed by atoms with Crippen LogP contribution in [0.15, 0.2) is 48.5 Å². The number of rotatable bonds is 6. The Labute approximate surface area is 212 Å². The molecule has 1 aliphatic carbocycles. The third-order valence-electron chi connectivity index (χ3n) is 7.38. The molecular formula is C26H29ClF3N3O3. The van der Waals surface area contributed by atoms with Gasteiger partial charge in [-0.2, -0.15) is 13.2 Å². The highest BCUT2D eigenvalue weighted by molar-refractivity contribution is 6.30. The third-order valence-corrected chi connectivity index (χ3v) is 7.63. The SMILES string of the molecule is O=C(CNC(=O)c1cccc(C(F)(F)F)c1)N[C@@]1(C2CCC(c3ccc(Cl)cc3)CC2)CNC[C@@H]1O. The molecule has 36 heavy (non-hydrogen) atoms. The minimum atomic E-state index is -4.57. The van der Waals surface area contributed by atoms with Crippen molar-refractivity contribution < 1.29 is 27.9 Å². The number of halogens is 4. The highest BCUT2D eigenvalue weighted by Crippen LogP contribution is 2.42. The first kappa shape index (κ1) is 26.4. The zero-order chi connectivity index (χ0) is 25.9. The number of aliphatic hydroxyl groups excluding tert-OH is 1. The molecule has 4 N–H and O–H groups in total. The number of carbonyl (C=O) groups is 2. The van der Waals surface area contributed by atoms with Crippen molar-refractivity contribution in [2.75, 3.05) is 19.6 Å². The van der Waals surface area contributed by atoms with Crippen molar-refractivity contribution in [1.29, 1.82) is 0 Å². The molecule has 0 aromatic heterocycles. The lowest BCUT2D eigenvalue weighted by Gasteiger charge is -2.43. The van der Waals surface area contributed by atoms with Crippen LogP contribution in [0.4, 0.5) is 13.2 Å².